The number of carboxylic acids is 1. The lowest BCUT2D eigenvalue weighted by atomic mass is 10.1. The lowest BCUT2D eigenvalue weighted by Gasteiger charge is -2.12. The number of carboxylic acid groups (broad SMARTS) is 1. The molecule has 0 aromatic heterocycles. The fraction of sp³-hybridized carbons (Fsp3) is 0.158. The van der Waals surface area contributed by atoms with Crippen LogP contribution >= 0.6 is 0 Å². The summed E-state index contributed by atoms with van der Waals surface area (Å²) >= 11 is 0. The Morgan fingerprint density at radius 1 is 1.21 bits per heavy atom. The molecule has 1 amide bonds. The van der Waals surface area contributed by atoms with Gasteiger partial charge in [0, 0.05) is 24.9 Å². The number of aromatic hydroxyl groups is 1. The van der Waals surface area contributed by atoms with Crippen LogP contribution in [0.4, 0.5) is 11.4 Å². The number of nitrogens with one attached hydrogen (secondary N) is 3. The normalized spacial score (nSPS) is 10.0. The molecular formula is C19H18N4O5. The van der Waals surface area contributed by atoms with Crippen LogP contribution in [0.5, 0.6) is 5.75 Å². The smallest absolute Gasteiger partial charge is 0.337 e. The van der Waals surface area contributed by atoms with Crippen molar-refractivity contribution in [2.24, 2.45) is 0 Å². The molecule has 0 spiro atoms. The van der Waals surface area contributed by atoms with Gasteiger partial charge in [-0.1, -0.05) is 0 Å². The second-order valence-electron chi connectivity index (χ2n) is 5.66. The van der Waals surface area contributed by atoms with Gasteiger partial charge in [-0.25, -0.2) is 4.79 Å². The van der Waals surface area contributed by atoms with Crippen molar-refractivity contribution in [1.82, 2.24) is 0 Å². The number of hydrogen-bond donors (Lipinski definition) is 5. The standard InChI is InChI=1S/C19H18N4O5/c1-28-7-6-22-12-3-5-16(24)14(9-12)17(21)18(25)23-15-4-2-11(10-20)8-13(15)19(26)27/h2-5,8-9,21-22,24H,6-7H2,1H3,(H,23,25)(H,26,27). The van der Waals surface area contributed by atoms with Gasteiger partial charge >= 0.3 is 5.97 Å². The number of rotatable bonds is 8. The van der Waals surface area contributed by atoms with Crippen LogP contribution in [-0.2, 0) is 9.53 Å². The number of aromatic carboxylic acids is 1. The fourth-order valence-corrected chi connectivity index (χ4v) is 2.35. The van der Waals surface area contributed by atoms with Gasteiger partial charge in [0.15, 0.2) is 0 Å². The van der Waals surface area contributed by atoms with Crippen LogP contribution in [0, 0.1) is 16.7 Å². The van der Waals surface area contributed by atoms with Crippen LogP contribution in [0.1, 0.15) is 21.5 Å². The molecular weight excluding hydrogens is 364 g/mol. The average molecular weight is 382 g/mol. The second kappa shape index (κ2) is 9.16. The van der Waals surface area contributed by atoms with E-state index in [0.717, 1.165) is 6.07 Å². The van der Waals surface area contributed by atoms with E-state index in [4.69, 9.17) is 15.4 Å². The maximum atomic E-state index is 12.4. The molecule has 0 bridgehead atoms. The summed E-state index contributed by atoms with van der Waals surface area (Å²) in [5, 5.41) is 41.6. The highest BCUT2D eigenvalue weighted by Gasteiger charge is 2.19. The summed E-state index contributed by atoms with van der Waals surface area (Å²) in [5.41, 5.74) is -0.210. The lowest BCUT2D eigenvalue weighted by molar-refractivity contribution is -0.110. The molecule has 0 aliphatic carbocycles. The molecule has 0 heterocycles. The van der Waals surface area contributed by atoms with Crippen molar-refractivity contribution in [2.75, 3.05) is 30.9 Å². The molecule has 0 fully saturated rings. The van der Waals surface area contributed by atoms with Gasteiger partial charge in [-0.15, -0.1) is 0 Å². The molecule has 2 aromatic carbocycles. The number of methoxy groups -OCH3 is 1. The van der Waals surface area contributed by atoms with Gasteiger partial charge < -0.3 is 25.6 Å². The minimum Gasteiger partial charge on any atom is -0.507 e. The van der Waals surface area contributed by atoms with Crippen LogP contribution < -0.4 is 10.6 Å². The highest BCUT2D eigenvalue weighted by Crippen LogP contribution is 2.23. The van der Waals surface area contributed by atoms with E-state index in [1.54, 1.807) is 13.2 Å². The minimum absolute atomic E-state index is 0.0227. The number of anilines is 2. The minimum atomic E-state index is -1.33. The van der Waals surface area contributed by atoms with Crippen LogP contribution in [0.3, 0.4) is 0 Å². The molecule has 0 aliphatic heterocycles. The molecule has 2 aromatic rings. The molecule has 0 saturated carbocycles. The third-order valence-corrected chi connectivity index (χ3v) is 3.76. The lowest BCUT2D eigenvalue weighted by Crippen LogP contribution is -2.24. The van der Waals surface area contributed by atoms with Crippen LogP contribution in [0.15, 0.2) is 36.4 Å². The largest absolute Gasteiger partial charge is 0.507 e. The fourth-order valence-electron chi connectivity index (χ4n) is 2.35. The Bertz CT molecular complexity index is 965. The highest BCUT2D eigenvalue weighted by molar-refractivity contribution is 6.48. The summed E-state index contributed by atoms with van der Waals surface area (Å²) < 4.78 is 4.93. The maximum Gasteiger partial charge on any atom is 0.337 e. The van der Waals surface area contributed by atoms with Crippen LogP contribution in [0.25, 0.3) is 0 Å². The predicted molar refractivity (Wildman–Crippen MR) is 102 cm³/mol. The zero-order valence-corrected chi connectivity index (χ0v) is 14.9. The SMILES string of the molecule is COCCNc1ccc(O)c(C(=N)C(=O)Nc2ccc(C#N)cc2C(=O)O)c1. The van der Waals surface area contributed by atoms with E-state index < -0.39 is 17.6 Å². The Kier molecular flexibility index (Phi) is 6.68. The molecule has 2 rings (SSSR count). The zero-order chi connectivity index (χ0) is 20.7. The molecule has 0 atom stereocenters. The summed E-state index contributed by atoms with van der Waals surface area (Å²) in [4.78, 5) is 23.8. The molecule has 0 saturated heterocycles. The third-order valence-electron chi connectivity index (χ3n) is 3.76. The molecule has 0 aliphatic rings. The number of amides is 1. The Labute approximate surface area is 160 Å². The number of phenols is 1. The summed E-state index contributed by atoms with van der Waals surface area (Å²) in [7, 11) is 1.55. The number of carbonyl (C=O) groups excluding carboxylic acids is 1. The molecule has 144 valence electrons. The molecule has 5 N–H and O–H groups in total. The molecule has 9 heteroatoms. The van der Waals surface area contributed by atoms with Gasteiger partial charge in [0.1, 0.15) is 11.5 Å². The zero-order valence-electron chi connectivity index (χ0n) is 14.9. The number of hydrogen-bond acceptors (Lipinski definition) is 7. The first kappa shape index (κ1) is 20.4. The first-order chi connectivity index (χ1) is 13.4. The first-order valence-electron chi connectivity index (χ1n) is 8.11. The average Bonchev–Trinajstić information content (AvgIpc) is 2.69. The van der Waals surface area contributed by atoms with E-state index in [2.05, 4.69) is 10.6 Å². The molecule has 9 nitrogen and oxygen atoms in total. The number of nitriles is 1. The molecule has 0 unspecified atom stereocenters. The number of phenolic OH excluding ortho intramolecular Hbond substituents is 1. The van der Waals surface area contributed by atoms with E-state index >= 15 is 0 Å². The van der Waals surface area contributed by atoms with E-state index in [0.29, 0.717) is 18.8 Å². The first-order valence-corrected chi connectivity index (χ1v) is 8.11. The van der Waals surface area contributed by atoms with E-state index in [1.165, 1.54) is 24.3 Å². The Morgan fingerprint density at radius 3 is 2.61 bits per heavy atom. The Morgan fingerprint density at radius 2 is 1.96 bits per heavy atom. The summed E-state index contributed by atoms with van der Waals surface area (Å²) in [6.07, 6.45) is 0. The van der Waals surface area contributed by atoms with Gasteiger partial charge in [-0.05, 0) is 36.4 Å². The monoisotopic (exact) mass is 382 g/mol. The summed E-state index contributed by atoms with van der Waals surface area (Å²) in [5.74, 6) is -2.50. The van der Waals surface area contributed by atoms with Crippen molar-refractivity contribution >= 4 is 29.0 Å². The molecule has 28 heavy (non-hydrogen) atoms. The maximum absolute atomic E-state index is 12.4. The third kappa shape index (κ3) is 4.84. The Hall–Kier alpha value is -3.90. The van der Waals surface area contributed by atoms with Crippen molar-refractivity contribution in [3.8, 4) is 11.8 Å². The number of benzene rings is 2. The van der Waals surface area contributed by atoms with E-state index in [9.17, 15) is 19.8 Å². The second-order valence-corrected chi connectivity index (χ2v) is 5.66. The van der Waals surface area contributed by atoms with Crippen LogP contribution in [-0.4, -0.2) is 48.1 Å². The quantitative estimate of drug-likeness (QED) is 0.266. The van der Waals surface area contributed by atoms with Gasteiger partial charge in [0.25, 0.3) is 5.91 Å². The van der Waals surface area contributed by atoms with Crippen molar-refractivity contribution < 1.29 is 24.5 Å². The van der Waals surface area contributed by atoms with E-state index in [-0.39, 0.29) is 28.1 Å². The number of carbonyl (C=O) groups is 2. The molecule has 0 radical (unpaired) electrons. The van der Waals surface area contributed by atoms with Crippen molar-refractivity contribution in [3.05, 3.63) is 53.1 Å². The van der Waals surface area contributed by atoms with Gasteiger partial charge in [0.05, 0.1) is 29.5 Å². The van der Waals surface area contributed by atoms with E-state index in [1.807, 2.05) is 6.07 Å². The Balaban J connectivity index is 2.24. The predicted octanol–water partition coefficient (Wildman–Crippen LogP) is 2.03. The highest BCUT2D eigenvalue weighted by atomic mass is 16.5. The van der Waals surface area contributed by atoms with Crippen molar-refractivity contribution in [1.29, 1.82) is 10.7 Å². The van der Waals surface area contributed by atoms with Gasteiger partial charge in [-0.3, -0.25) is 10.2 Å². The summed E-state index contributed by atoms with van der Waals surface area (Å²) in [6, 6.07) is 9.93. The topological polar surface area (TPSA) is 156 Å². The number of ether oxygens (including phenoxy) is 1. The van der Waals surface area contributed by atoms with Crippen molar-refractivity contribution in [3.63, 3.8) is 0 Å². The van der Waals surface area contributed by atoms with Gasteiger partial charge in [0.2, 0.25) is 0 Å². The summed E-state index contributed by atoms with van der Waals surface area (Å²) in [6.45, 7) is 0.943. The number of nitrogens with zero attached hydrogens (tertiary/aromatic N) is 1. The van der Waals surface area contributed by atoms with Crippen molar-refractivity contribution in [2.45, 2.75) is 0 Å². The van der Waals surface area contributed by atoms with Crippen LogP contribution in [0.2, 0.25) is 0 Å². The van der Waals surface area contributed by atoms with Gasteiger partial charge in [-0.2, -0.15) is 5.26 Å².